The van der Waals surface area contributed by atoms with Crippen molar-refractivity contribution in [2.24, 2.45) is 5.84 Å². The molecule has 1 unspecified atom stereocenters. The normalized spacial score (nSPS) is 12.6. The van der Waals surface area contributed by atoms with E-state index in [0.717, 1.165) is 17.9 Å². The van der Waals surface area contributed by atoms with E-state index in [1.807, 2.05) is 21.0 Å². The number of nitrogens with one attached hydrogen (secondary N) is 2. The number of nitrogens with zero attached hydrogens (tertiary/aromatic N) is 3. The lowest BCUT2D eigenvalue weighted by atomic mass is 10.3. The lowest BCUT2D eigenvalue weighted by Gasteiger charge is -2.21. The molecule has 1 heterocycles. The standard InChI is InChI=1S/C10H20N6/c1-7(16(3)4)5-12-9-8(2)10(15-11)14-6-13-9/h6-7H,5,11H2,1-4H3,(H2,12,13,14,15). The van der Waals surface area contributed by atoms with Gasteiger partial charge in [0, 0.05) is 18.2 Å². The van der Waals surface area contributed by atoms with Crippen molar-refractivity contribution >= 4 is 11.6 Å². The van der Waals surface area contributed by atoms with Crippen LogP contribution in [0.4, 0.5) is 11.6 Å². The molecule has 0 radical (unpaired) electrons. The third kappa shape index (κ3) is 3.04. The second-order valence-electron chi connectivity index (χ2n) is 4.03. The SMILES string of the molecule is Cc1c(NN)ncnc1NCC(C)N(C)C. The van der Waals surface area contributed by atoms with Gasteiger partial charge in [-0.1, -0.05) is 0 Å². The molecule has 0 fully saturated rings. The summed E-state index contributed by atoms with van der Waals surface area (Å²) < 4.78 is 0. The summed E-state index contributed by atoms with van der Waals surface area (Å²) in [5.74, 6) is 6.81. The van der Waals surface area contributed by atoms with Crippen molar-refractivity contribution in [1.82, 2.24) is 14.9 Å². The Morgan fingerprint density at radius 3 is 2.56 bits per heavy atom. The van der Waals surface area contributed by atoms with E-state index in [4.69, 9.17) is 5.84 Å². The molecule has 0 saturated carbocycles. The Hall–Kier alpha value is -1.40. The Morgan fingerprint density at radius 1 is 1.38 bits per heavy atom. The summed E-state index contributed by atoms with van der Waals surface area (Å²) in [6.07, 6.45) is 1.49. The zero-order valence-electron chi connectivity index (χ0n) is 10.3. The predicted molar refractivity (Wildman–Crippen MR) is 66.2 cm³/mol. The fourth-order valence-corrected chi connectivity index (χ4v) is 1.20. The summed E-state index contributed by atoms with van der Waals surface area (Å²) in [6, 6.07) is 0.434. The van der Waals surface area contributed by atoms with Gasteiger partial charge in [-0.3, -0.25) is 0 Å². The van der Waals surface area contributed by atoms with E-state index in [-0.39, 0.29) is 0 Å². The molecule has 0 bridgehead atoms. The van der Waals surface area contributed by atoms with Crippen LogP contribution in [0.2, 0.25) is 0 Å². The van der Waals surface area contributed by atoms with Gasteiger partial charge in [-0.15, -0.1) is 0 Å². The van der Waals surface area contributed by atoms with E-state index in [9.17, 15) is 0 Å². The summed E-state index contributed by atoms with van der Waals surface area (Å²) in [5, 5.41) is 3.28. The molecule has 6 nitrogen and oxygen atoms in total. The smallest absolute Gasteiger partial charge is 0.148 e. The van der Waals surface area contributed by atoms with Gasteiger partial charge >= 0.3 is 0 Å². The van der Waals surface area contributed by atoms with Crippen molar-refractivity contribution in [3.63, 3.8) is 0 Å². The van der Waals surface area contributed by atoms with Gasteiger partial charge in [-0.25, -0.2) is 15.8 Å². The molecule has 0 aliphatic carbocycles. The molecule has 6 heteroatoms. The molecular formula is C10H20N6. The van der Waals surface area contributed by atoms with Crippen molar-refractivity contribution in [1.29, 1.82) is 0 Å². The Balaban J connectivity index is 2.67. The first-order valence-corrected chi connectivity index (χ1v) is 5.24. The zero-order valence-corrected chi connectivity index (χ0v) is 10.3. The minimum Gasteiger partial charge on any atom is -0.368 e. The topological polar surface area (TPSA) is 79.1 Å². The number of hydrazine groups is 1. The first kappa shape index (κ1) is 12.7. The van der Waals surface area contributed by atoms with Crippen LogP contribution < -0.4 is 16.6 Å². The minimum absolute atomic E-state index is 0.434. The Labute approximate surface area is 96.2 Å². The number of hydrogen-bond acceptors (Lipinski definition) is 6. The van der Waals surface area contributed by atoms with Gasteiger partial charge in [-0.05, 0) is 27.9 Å². The molecule has 0 aromatic carbocycles. The fourth-order valence-electron chi connectivity index (χ4n) is 1.20. The summed E-state index contributed by atoms with van der Waals surface area (Å²) in [6.45, 7) is 4.90. The van der Waals surface area contributed by atoms with Crippen LogP contribution in [0.15, 0.2) is 6.33 Å². The van der Waals surface area contributed by atoms with Crippen molar-refractivity contribution in [2.45, 2.75) is 19.9 Å². The zero-order chi connectivity index (χ0) is 12.1. The second-order valence-corrected chi connectivity index (χ2v) is 4.03. The summed E-state index contributed by atoms with van der Waals surface area (Å²) in [7, 11) is 4.10. The quantitative estimate of drug-likeness (QED) is 0.497. The average molecular weight is 224 g/mol. The van der Waals surface area contributed by atoms with Crippen molar-refractivity contribution < 1.29 is 0 Å². The largest absolute Gasteiger partial charge is 0.368 e. The van der Waals surface area contributed by atoms with Crippen molar-refractivity contribution in [2.75, 3.05) is 31.4 Å². The Morgan fingerprint density at radius 2 is 2.00 bits per heavy atom. The lowest BCUT2D eigenvalue weighted by molar-refractivity contribution is 0.326. The monoisotopic (exact) mass is 224 g/mol. The molecular weight excluding hydrogens is 204 g/mol. The van der Waals surface area contributed by atoms with Crippen molar-refractivity contribution in [3.05, 3.63) is 11.9 Å². The van der Waals surface area contributed by atoms with Crippen LogP contribution in [-0.2, 0) is 0 Å². The first-order chi connectivity index (χ1) is 7.56. The van der Waals surface area contributed by atoms with E-state index in [1.165, 1.54) is 6.33 Å². The maximum atomic E-state index is 5.35. The molecule has 0 aliphatic rings. The molecule has 4 N–H and O–H groups in total. The molecule has 1 aromatic heterocycles. The predicted octanol–water partition coefficient (Wildman–Crippen LogP) is 0.433. The Kier molecular flexibility index (Phi) is 4.45. The van der Waals surface area contributed by atoms with Crippen LogP contribution in [-0.4, -0.2) is 41.5 Å². The molecule has 0 aliphatic heterocycles. The third-order valence-corrected chi connectivity index (χ3v) is 2.67. The van der Waals surface area contributed by atoms with E-state index in [0.29, 0.717) is 11.9 Å². The lowest BCUT2D eigenvalue weighted by Crippen LogP contribution is -2.32. The molecule has 16 heavy (non-hydrogen) atoms. The highest BCUT2D eigenvalue weighted by Gasteiger charge is 2.08. The van der Waals surface area contributed by atoms with Crippen LogP contribution in [0.5, 0.6) is 0 Å². The van der Waals surface area contributed by atoms with Crippen LogP contribution in [0.1, 0.15) is 12.5 Å². The Bertz CT molecular complexity index is 338. The number of rotatable bonds is 5. The summed E-state index contributed by atoms with van der Waals surface area (Å²) >= 11 is 0. The van der Waals surface area contributed by atoms with Crippen LogP contribution in [0.25, 0.3) is 0 Å². The van der Waals surface area contributed by atoms with Crippen LogP contribution in [0.3, 0.4) is 0 Å². The number of nitrogens with two attached hydrogens (primary N) is 1. The van der Waals surface area contributed by atoms with Crippen molar-refractivity contribution in [3.8, 4) is 0 Å². The maximum absolute atomic E-state index is 5.35. The van der Waals surface area contributed by atoms with Gasteiger partial charge < -0.3 is 15.6 Å². The molecule has 0 amide bonds. The maximum Gasteiger partial charge on any atom is 0.148 e. The van der Waals surface area contributed by atoms with Crippen LogP contribution >= 0.6 is 0 Å². The van der Waals surface area contributed by atoms with Gasteiger partial charge in [0.15, 0.2) is 0 Å². The van der Waals surface area contributed by atoms with Gasteiger partial charge in [0.1, 0.15) is 18.0 Å². The van der Waals surface area contributed by atoms with Gasteiger partial charge in [0.2, 0.25) is 0 Å². The number of anilines is 2. The minimum atomic E-state index is 0.434. The molecule has 0 spiro atoms. The number of hydrogen-bond donors (Lipinski definition) is 3. The van der Waals surface area contributed by atoms with E-state index >= 15 is 0 Å². The molecule has 1 aromatic rings. The molecule has 1 atom stereocenters. The van der Waals surface area contributed by atoms with E-state index in [1.54, 1.807) is 0 Å². The number of aromatic nitrogens is 2. The average Bonchev–Trinajstić information content (AvgIpc) is 2.27. The van der Waals surface area contributed by atoms with Gasteiger partial charge in [-0.2, -0.15) is 0 Å². The highest BCUT2D eigenvalue weighted by atomic mass is 15.3. The number of nitrogen functional groups attached to an aromatic ring is 1. The highest BCUT2D eigenvalue weighted by Crippen LogP contribution is 2.16. The summed E-state index contributed by atoms with van der Waals surface area (Å²) in [4.78, 5) is 10.3. The van der Waals surface area contributed by atoms with E-state index < -0.39 is 0 Å². The van der Waals surface area contributed by atoms with Gasteiger partial charge in [0.05, 0.1) is 0 Å². The fraction of sp³-hybridized carbons (Fsp3) is 0.600. The number of likely N-dealkylation sites (N-methyl/N-ethyl adjacent to an activating group) is 1. The first-order valence-electron chi connectivity index (χ1n) is 5.24. The molecule has 1 rings (SSSR count). The van der Waals surface area contributed by atoms with Gasteiger partial charge in [0.25, 0.3) is 0 Å². The highest BCUT2D eigenvalue weighted by molar-refractivity contribution is 5.55. The molecule has 0 saturated heterocycles. The summed E-state index contributed by atoms with van der Waals surface area (Å²) in [5.41, 5.74) is 3.47. The van der Waals surface area contributed by atoms with Crippen LogP contribution in [0, 0.1) is 6.92 Å². The third-order valence-electron chi connectivity index (χ3n) is 2.67. The van der Waals surface area contributed by atoms with E-state index in [2.05, 4.69) is 32.5 Å². The second kappa shape index (κ2) is 5.62. The molecule has 90 valence electrons.